The molecule has 1 amide bonds. The fourth-order valence-corrected chi connectivity index (χ4v) is 3.12. The Morgan fingerprint density at radius 2 is 1.79 bits per heavy atom. The lowest BCUT2D eigenvalue weighted by atomic mass is 10.0. The van der Waals surface area contributed by atoms with Crippen molar-refractivity contribution in [3.8, 4) is 11.3 Å². The van der Waals surface area contributed by atoms with Crippen LogP contribution in [0.25, 0.3) is 22.3 Å². The van der Waals surface area contributed by atoms with Gasteiger partial charge in [-0.05, 0) is 31.2 Å². The zero-order chi connectivity index (χ0) is 19.5. The fourth-order valence-electron chi connectivity index (χ4n) is 3.12. The summed E-state index contributed by atoms with van der Waals surface area (Å²) in [5.41, 5.74) is 2.53. The van der Waals surface area contributed by atoms with Gasteiger partial charge in [0.05, 0.1) is 23.2 Å². The van der Waals surface area contributed by atoms with E-state index in [4.69, 9.17) is 4.42 Å². The van der Waals surface area contributed by atoms with Gasteiger partial charge >= 0.3 is 0 Å². The first-order valence-electron chi connectivity index (χ1n) is 8.95. The minimum atomic E-state index is -0.317. The summed E-state index contributed by atoms with van der Waals surface area (Å²) in [6, 6.07) is 19.9. The van der Waals surface area contributed by atoms with E-state index in [1.807, 2.05) is 48.5 Å². The molecule has 1 N–H and O–H groups in total. The number of para-hydroxylation sites is 1. The van der Waals surface area contributed by atoms with Crippen molar-refractivity contribution in [3.63, 3.8) is 0 Å². The van der Waals surface area contributed by atoms with Gasteiger partial charge in [0, 0.05) is 17.3 Å². The molecular weight excluding hydrogens is 352 g/mol. The summed E-state index contributed by atoms with van der Waals surface area (Å²) < 4.78 is 6.09. The van der Waals surface area contributed by atoms with Crippen molar-refractivity contribution < 1.29 is 9.21 Å². The Bertz CT molecular complexity index is 1200. The summed E-state index contributed by atoms with van der Waals surface area (Å²) in [6.07, 6.45) is 1.67. The molecule has 0 bridgehead atoms. The highest BCUT2D eigenvalue weighted by molar-refractivity contribution is 6.05. The van der Waals surface area contributed by atoms with Gasteiger partial charge in [0.2, 0.25) is 0 Å². The van der Waals surface area contributed by atoms with Crippen molar-refractivity contribution in [2.24, 2.45) is 0 Å². The number of hydrogen-bond acceptors (Lipinski definition) is 4. The summed E-state index contributed by atoms with van der Waals surface area (Å²) in [7, 11) is 0. The van der Waals surface area contributed by atoms with Crippen LogP contribution in [0.3, 0.4) is 0 Å². The Balaban J connectivity index is 1.78. The van der Waals surface area contributed by atoms with Crippen LogP contribution >= 0.6 is 0 Å². The molecule has 0 saturated carbocycles. The molecule has 0 fully saturated rings. The molecule has 5 heteroatoms. The maximum Gasteiger partial charge on any atom is 0.255 e. The number of nitrogens with zero attached hydrogens (tertiary/aromatic N) is 1. The molecule has 2 aromatic carbocycles. The monoisotopic (exact) mass is 370 g/mol. The highest BCUT2D eigenvalue weighted by Crippen LogP contribution is 2.27. The maximum absolute atomic E-state index is 12.9. The molecule has 0 aliphatic carbocycles. The molecule has 4 aromatic rings. The van der Waals surface area contributed by atoms with Crippen LogP contribution in [-0.2, 0) is 6.54 Å². The van der Waals surface area contributed by atoms with Crippen molar-refractivity contribution in [2.75, 3.05) is 0 Å². The van der Waals surface area contributed by atoms with Gasteiger partial charge in [0.25, 0.3) is 5.91 Å². The average Bonchev–Trinajstić information content (AvgIpc) is 2.75. The zero-order valence-corrected chi connectivity index (χ0v) is 15.3. The van der Waals surface area contributed by atoms with E-state index in [9.17, 15) is 9.59 Å². The Morgan fingerprint density at radius 1 is 1.00 bits per heavy atom. The fraction of sp³-hybridized carbons (Fsp3) is 0.0870. The van der Waals surface area contributed by atoms with Crippen LogP contribution in [0.5, 0.6) is 0 Å². The molecule has 4 rings (SSSR count). The highest BCUT2D eigenvalue weighted by Gasteiger charge is 2.18. The van der Waals surface area contributed by atoms with Crippen LogP contribution in [-0.4, -0.2) is 10.9 Å². The molecule has 0 aliphatic heterocycles. The lowest BCUT2D eigenvalue weighted by Gasteiger charge is -2.10. The third kappa shape index (κ3) is 3.30. The number of fused-ring (bicyclic) bond motifs is 1. The van der Waals surface area contributed by atoms with Crippen molar-refractivity contribution in [1.82, 2.24) is 10.3 Å². The van der Waals surface area contributed by atoms with Crippen LogP contribution in [0, 0.1) is 6.92 Å². The van der Waals surface area contributed by atoms with Gasteiger partial charge < -0.3 is 9.73 Å². The molecule has 2 heterocycles. The largest absolute Gasteiger partial charge is 0.455 e. The number of hydrogen-bond donors (Lipinski definition) is 1. The van der Waals surface area contributed by atoms with Gasteiger partial charge in [-0.3, -0.25) is 14.6 Å². The zero-order valence-electron chi connectivity index (χ0n) is 15.3. The van der Waals surface area contributed by atoms with E-state index in [2.05, 4.69) is 10.3 Å². The van der Waals surface area contributed by atoms with E-state index < -0.39 is 0 Å². The van der Waals surface area contributed by atoms with Crippen LogP contribution in [0.15, 0.2) is 82.1 Å². The molecule has 138 valence electrons. The van der Waals surface area contributed by atoms with E-state index in [1.54, 1.807) is 31.3 Å². The molecule has 0 spiro atoms. The Labute approximate surface area is 161 Å². The summed E-state index contributed by atoms with van der Waals surface area (Å²) in [6.45, 7) is 2.03. The summed E-state index contributed by atoms with van der Waals surface area (Å²) >= 11 is 0. The smallest absolute Gasteiger partial charge is 0.255 e. The van der Waals surface area contributed by atoms with Gasteiger partial charge in [-0.25, -0.2) is 0 Å². The number of pyridine rings is 1. The number of benzene rings is 2. The van der Waals surface area contributed by atoms with E-state index in [-0.39, 0.29) is 23.5 Å². The quantitative estimate of drug-likeness (QED) is 0.587. The van der Waals surface area contributed by atoms with Crippen molar-refractivity contribution in [1.29, 1.82) is 0 Å². The SMILES string of the molecule is Cc1c(-c2ccccc2)oc2c(C(=O)NCc3ccccn3)cccc2c1=O. The lowest BCUT2D eigenvalue weighted by Crippen LogP contribution is -2.24. The highest BCUT2D eigenvalue weighted by atomic mass is 16.3. The van der Waals surface area contributed by atoms with Crippen molar-refractivity contribution in [3.05, 3.63) is 100.0 Å². The van der Waals surface area contributed by atoms with Gasteiger partial charge in [-0.2, -0.15) is 0 Å². The van der Waals surface area contributed by atoms with Gasteiger partial charge in [0.1, 0.15) is 5.76 Å². The third-order valence-corrected chi connectivity index (χ3v) is 4.58. The second-order valence-electron chi connectivity index (χ2n) is 6.44. The first-order valence-corrected chi connectivity index (χ1v) is 8.95. The van der Waals surface area contributed by atoms with E-state index in [1.165, 1.54) is 0 Å². The summed E-state index contributed by atoms with van der Waals surface area (Å²) in [5.74, 6) is 0.158. The lowest BCUT2D eigenvalue weighted by molar-refractivity contribution is 0.0951. The predicted octanol–water partition coefficient (Wildman–Crippen LogP) is 4.09. The molecule has 5 nitrogen and oxygen atoms in total. The molecule has 0 aliphatic rings. The van der Waals surface area contributed by atoms with Crippen molar-refractivity contribution in [2.45, 2.75) is 13.5 Å². The number of carbonyl (C=O) groups is 1. The molecule has 28 heavy (non-hydrogen) atoms. The van der Waals surface area contributed by atoms with Crippen LogP contribution in [0.4, 0.5) is 0 Å². The third-order valence-electron chi connectivity index (χ3n) is 4.58. The minimum Gasteiger partial charge on any atom is -0.455 e. The normalized spacial score (nSPS) is 10.8. The first kappa shape index (κ1) is 17.7. The van der Waals surface area contributed by atoms with Crippen LogP contribution < -0.4 is 10.7 Å². The minimum absolute atomic E-state index is 0.139. The summed E-state index contributed by atoms with van der Waals surface area (Å²) in [4.78, 5) is 29.8. The number of carbonyl (C=O) groups excluding carboxylic acids is 1. The van der Waals surface area contributed by atoms with E-state index in [0.717, 1.165) is 11.3 Å². The second-order valence-corrected chi connectivity index (χ2v) is 6.44. The molecule has 0 radical (unpaired) electrons. The van der Waals surface area contributed by atoms with Crippen LogP contribution in [0.1, 0.15) is 21.6 Å². The Morgan fingerprint density at radius 3 is 2.54 bits per heavy atom. The number of rotatable bonds is 4. The van der Waals surface area contributed by atoms with E-state index in [0.29, 0.717) is 22.3 Å². The van der Waals surface area contributed by atoms with E-state index >= 15 is 0 Å². The number of amides is 1. The topological polar surface area (TPSA) is 72.2 Å². The molecule has 0 saturated heterocycles. The number of nitrogens with one attached hydrogen (secondary N) is 1. The van der Waals surface area contributed by atoms with Crippen molar-refractivity contribution >= 4 is 16.9 Å². The Hall–Kier alpha value is -3.73. The number of aromatic nitrogens is 1. The standard InChI is InChI=1S/C23H18N2O3/c1-15-20(26)18-11-7-12-19(23(27)25-14-17-10-5-6-13-24-17)22(18)28-21(15)16-8-3-2-4-9-16/h2-13H,14H2,1H3,(H,25,27). The predicted molar refractivity (Wildman–Crippen MR) is 108 cm³/mol. The summed E-state index contributed by atoms with van der Waals surface area (Å²) in [5, 5.41) is 3.23. The average molecular weight is 370 g/mol. The maximum atomic E-state index is 12.9. The Kier molecular flexibility index (Phi) is 4.72. The molecule has 0 atom stereocenters. The second kappa shape index (κ2) is 7.48. The van der Waals surface area contributed by atoms with Crippen LogP contribution in [0.2, 0.25) is 0 Å². The van der Waals surface area contributed by atoms with Gasteiger partial charge in [0.15, 0.2) is 11.0 Å². The molecule has 0 unspecified atom stereocenters. The van der Waals surface area contributed by atoms with Gasteiger partial charge in [-0.1, -0.05) is 42.5 Å². The molecule has 2 aromatic heterocycles. The molecular formula is C23H18N2O3. The van der Waals surface area contributed by atoms with Gasteiger partial charge in [-0.15, -0.1) is 0 Å². The first-order chi connectivity index (χ1) is 13.6.